The lowest BCUT2D eigenvalue weighted by Gasteiger charge is -2.11. The van der Waals surface area contributed by atoms with E-state index in [1.165, 1.54) is 7.11 Å². The van der Waals surface area contributed by atoms with Crippen LogP contribution < -0.4 is 10.1 Å². The van der Waals surface area contributed by atoms with Gasteiger partial charge in [0.1, 0.15) is 0 Å². The molecule has 0 saturated heterocycles. The summed E-state index contributed by atoms with van der Waals surface area (Å²) in [6.07, 6.45) is 0.740. The molecule has 0 bridgehead atoms. The molecule has 0 fully saturated rings. The minimum atomic E-state index is -0.325. The van der Waals surface area contributed by atoms with Gasteiger partial charge in [-0.1, -0.05) is 22.0 Å². The number of carbonyl (C=O) groups is 1. The summed E-state index contributed by atoms with van der Waals surface area (Å²) in [5.41, 5.74) is 0.206. The van der Waals surface area contributed by atoms with Crippen molar-refractivity contribution >= 4 is 21.8 Å². The van der Waals surface area contributed by atoms with Gasteiger partial charge in [0.05, 0.1) is 19.3 Å². The fourth-order valence-corrected chi connectivity index (χ4v) is 2.07. The third-order valence-electron chi connectivity index (χ3n) is 2.55. The molecule has 0 heterocycles. The number of amides is 1. The Bertz CT molecular complexity index is 425. The zero-order valence-corrected chi connectivity index (χ0v) is 12.6. The van der Waals surface area contributed by atoms with Gasteiger partial charge in [0, 0.05) is 18.5 Å². The number of hydrogen-bond donors (Lipinski definition) is 2. The Hall–Kier alpha value is -1.27. The van der Waals surface area contributed by atoms with Crippen molar-refractivity contribution in [2.24, 2.45) is 0 Å². The standard InChI is InChI=1S/C13H18BrNO4/c1-18-8-9(14)6-7-15-13(17)10-4-3-5-11(19-2)12(10)16/h3-5,9,16H,6-8H2,1-2H3,(H,15,17). The number of methoxy groups -OCH3 is 2. The van der Waals surface area contributed by atoms with Crippen LogP contribution >= 0.6 is 15.9 Å². The van der Waals surface area contributed by atoms with E-state index in [1.807, 2.05) is 0 Å². The Morgan fingerprint density at radius 3 is 2.84 bits per heavy atom. The van der Waals surface area contributed by atoms with Crippen molar-refractivity contribution in [2.75, 3.05) is 27.4 Å². The summed E-state index contributed by atoms with van der Waals surface area (Å²) in [6, 6.07) is 4.80. The van der Waals surface area contributed by atoms with Crippen LogP contribution in [0.1, 0.15) is 16.8 Å². The highest BCUT2D eigenvalue weighted by atomic mass is 79.9. The Labute approximate surface area is 121 Å². The second-order valence-electron chi connectivity index (χ2n) is 3.95. The minimum Gasteiger partial charge on any atom is -0.504 e. The van der Waals surface area contributed by atoms with Gasteiger partial charge in [-0.2, -0.15) is 0 Å². The number of carbonyl (C=O) groups excluding carboxylic acids is 1. The summed E-state index contributed by atoms with van der Waals surface area (Å²) in [6.45, 7) is 1.08. The van der Waals surface area contributed by atoms with E-state index in [0.717, 1.165) is 6.42 Å². The highest BCUT2D eigenvalue weighted by Crippen LogP contribution is 2.29. The van der Waals surface area contributed by atoms with Gasteiger partial charge in [0.2, 0.25) is 0 Å². The van der Waals surface area contributed by atoms with Crippen molar-refractivity contribution in [3.63, 3.8) is 0 Å². The molecule has 0 aliphatic rings. The number of aromatic hydroxyl groups is 1. The maximum Gasteiger partial charge on any atom is 0.255 e. The molecule has 0 spiro atoms. The zero-order chi connectivity index (χ0) is 14.3. The van der Waals surface area contributed by atoms with Gasteiger partial charge in [-0.3, -0.25) is 4.79 Å². The largest absolute Gasteiger partial charge is 0.504 e. The van der Waals surface area contributed by atoms with E-state index in [2.05, 4.69) is 21.2 Å². The molecule has 1 unspecified atom stereocenters. The van der Waals surface area contributed by atoms with Crippen LogP contribution in [0.5, 0.6) is 11.5 Å². The van der Waals surface area contributed by atoms with E-state index >= 15 is 0 Å². The molecule has 0 aliphatic heterocycles. The number of phenols is 1. The summed E-state index contributed by atoms with van der Waals surface area (Å²) in [5.74, 6) is -0.186. The lowest BCUT2D eigenvalue weighted by Crippen LogP contribution is -2.27. The first kappa shape index (κ1) is 15.8. The number of ether oxygens (including phenoxy) is 2. The number of hydrogen-bond acceptors (Lipinski definition) is 4. The zero-order valence-electron chi connectivity index (χ0n) is 11.0. The van der Waals surface area contributed by atoms with Crippen molar-refractivity contribution in [3.05, 3.63) is 23.8 Å². The van der Waals surface area contributed by atoms with E-state index in [4.69, 9.17) is 9.47 Å². The summed E-state index contributed by atoms with van der Waals surface area (Å²) in [7, 11) is 3.07. The molecule has 1 aromatic carbocycles. The normalized spacial score (nSPS) is 11.9. The molecule has 1 rings (SSSR count). The van der Waals surface area contributed by atoms with E-state index in [-0.39, 0.29) is 27.8 Å². The summed E-state index contributed by atoms with van der Waals surface area (Å²) < 4.78 is 9.94. The molecule has 1 atom stereocenters. The fourth-order valence-electron chi connectivity index (χ4n) is 1.57. The third-order valence-corrected chi connectivity index (χ3v) is 3.28. The number of benzene rings is 1. The molecule has 2 N–H and O–H groups in total. The predicted octanol–water partition coefficient (Wildman–Crippen LogP) is 1.93. The predicted molar refractivity (Wildman–Crippen MR) is 76.2 cm³/mol. The monoisotopic (exact) mass is 331 g/mol. The van der Waals surface area contributed by atoms with Gasteiger partial charge < -0.3 is 19.9 Å². The lowest BCUT2D eigenvalue weighted by atomic mass is 10.1. The molecule has 0 aliphatic carbocycles. The summed E-state index contributed by atoms with van der Waals surface area (Å²) >= 11 is 3.44. The van der Waals surface area contributed by atoms with Gasteiger partial charge in [-0.15, -0.1) is 0 Å². The number of rotatable bonds is 7. The molecular weight excluding hydrogens is 314 g/mol. The molecular formula is C13H18BrNO4. The number of alkyl halides is 1. The Kier molecular flexibility index (Phi) is 6.66. The van der Waals surface area contributed by atoms with E-state index in [9.17, 15) is 9.90 Å². The maximum absolute atomic E-state index is 11.9. The molecule has 19 heavy (non-hydrogen) atoms. The highest BCUT2D eigenvalue weighted by Gasteiger charge is 2.14. The average molecular weight is 332 g/mol. The number of nitrogens with one attached hydrogen (secondary N) is 1. The van der Waals surface area contributed by atoms with Gasteiger partial charge in [-0.05, 0) is 18.6 Å². The van der Waals surface area contributed by atoms with Crippen molar-refractivity contribution in [1.29, 1.82) is 0 Å². The number of phenolic OH excluding ortho intramolecular Hbond substituents is 1. The van der Waals surface area contributed by atoms with Crippen LogP contribution in [0, 0.1) is 0 Å². The second-order valence-corrected chi connectivity index (χ2v) is 5.25. The molecule has 6 heteroatoms. The average Bonchev–Trinajstić information content (AvgIpc) is 2.39. The van der Waals surface area contributed by atoms with Crippen molar-refractivity contribution in [2.45, 2.75) is 11.2 Å². The Morgan fingerprint density at radius 2 is 2.21 bits per heavy atom. The van der Waals surface area contributed by atoms with Gasteiger partial charge >= 0.3 is 0 Å². The smallest absolute Gasteiger partial charge is 0.255 e. The topological polar surface area (TPSA) is 67.8 Å². The van der Waals surface area contributed by atoms with Gasteiger partial charge in [0.25, 0.3) is 5.91 Å². The van der Waals surface area contributed by atoms with Crippen LogP contribution in [0.15, 0.2) is 18.2 Å². The van der Waals surface area contributed by atoms with E-state index in [1.54, 1.807) is 25.3 Å². The molecule has 0 aromatic heterocycles. The van der Waals surface area contributed by atoms with E-state index < -0.39 is 0 Å². The highest BCUT2D eigenvalue weighted by molar-refractivity contribution is 9.09. The van der Waals surface area contributed by atoms with Crippen molar-refractivity contribution in [1.82, 2.24) is 5.32 Å². The van der Waals surface area contributed by atoms with Crippen LogP contribution in [0.25, 0.3) is 0 Å². The lowest BCUT2D eigenvalue weighted by molar-refractivity contribution is 0.0948. The number of para-hydroxylation sites is 1. The van der Waals surface area contributed by atoms with Crippen LogP contribution in [0.4, 0.5) is 0 Å². The molecule has 0 saturated carbocycles. The number of halogens is 1. The van der Waals surface area contributed by atoms with Crippen molar-refractivity contribution < 1.29 is 19.4 Å². The molecule has 1 aromatic rings. The first-order chi connectivity index (χ1) is 9.10. The minimum absolute atomic E-state index is 0.144. The van der Waals surface area contributed by atoms with Gasteiger partial charge in [0.15, 0.2) is 11.5 Å². The molecule has 106 valence electrons. The molecule has 5 nitrogen and oxygen atoms in total. The Morgan fingerprint density at radius 1 is 1.47 bits per heavy atom. The summed E-state index contributed by atoms with van der Waals surface area (Å²) in [5, 5.41) is 12.6. The molecule has 0 radical (unpaired) electrons. The SMILES string of the molecule is COCC(Br)CCNC(=O)c1cccc(OC)c1O. The molecule has 1 amide bonds. The Balaban J connectivity index is 2.54. The van der Waals surface area contributed by atoms with Crippen LogP contribution in [-0.2, 0) is 4.74 Å². The quantitative estimate of drug-likeness (QED) is 0.749. The van der Waals surface area contributed by atoms with Gasteiger partial charge in [-0.25, -0.2) is 0 Å². The van der Waals surface area contributed by atoms with Crippen LogP contribution in [0.3, 0.4) is 0 Å². The second kappa shape index (κ2) is 8.01. The first-order valence-corrected chi connectivity index (χ1v) is 6.78. The summed E-state index contributed by atoms with van der Waals surface area (Å²) in [4.78, 5) is 12.1. The van der Waals surface area contributed by atoms with E-state index in [0.29, 0.717) is 13.2 Å². The van der Waals surface area contributed by atoms with Crippen LogP contribution in [0.2, 0.25) is 0 Å². The van der Waals surface area contributed by atoms with Crippen molar-refractivity contribution in [3.8, 4) is 11.5 Å². The third kappa shape index (κ3) is 4.72. The fraction of sp³-hybridized carbons (Fsp3) is 0.462. The first-order valence-electron chi connectivity index (χ1n) is 5.87. The van der Waals surface area contributed by atoms with Crippen LogP contribution in [-0.4, -0.2) is 43.2 Å². The maximum atomic E-state index is 11.9.